The van der Waals surface area contributed by atoms with Crippen LogP contribution in [0.4, 0.5) is 0 Å². The van der Waals surface area contributed by atoms with Crippen LogP contribution >= 0.6 is 0 Å². The van der Waals surface area contributed by atoms with Gasteiger partial charge in [0.15, 0.2) is 0 Å². The third kappa shape index (κ3) is 6.13. The number of likely N-dealkylation sites (N-methyl/N-ethyl adjacent to an activating group) is 1. The lowest BCUT2D eigenvalue weighted by atomic mass is 9.93. The van der Waals surface area contributed by atoms with E-state index in [2.05, 4.69) is 31.1 Å². The standard InChI is InChI=1S/C12H26N2O/c1-12(2,9-13-11-5-6-11)10-14(3)7-8-15-4/h11,13H,5-10H2,1-4H3. The first-order valence-corrected chi connectivity index (χ1v) is 5.94. The molecule has 0 spiro atoms. The second-order valence-corrected chi connectivity index (χ2v) is 5.55. The number of hydrogen-bond donors (Lipinski definition) is 1. The first-order chi connectivity index (χ1) is 7.03. The van der Waals surface area contributed by atoms with Crippen LogP contribution in [0.1, 0.15) is 26.7 Å². The van der Waals surface area contributed by atoms with Crippen LogP contribution in [0.25, 0.3) is 0 Å². The molecule has 0 saturated heterocycles. The highest BCUT2D eigenvalue weighted by atomic mass is 16.5. The van der Waals surface area contributed by atoms with Crippen molar-refractivity contribution in [1.82, 2.24) is 10.2 Å². The summed E-state index contributed by atoms with van der Waals surface area (Å²) in [6.07, 6.45) is 2.74. The highest BCUT2D eigenvalue weighted by Gasteiger charge is 2.25. The van der Waals surface area contributed by atoms with Crippen LogP contribution < -0.4 is 5.32 Å². The Hall–Kier alpha value is -0.120. The number of rotatable bonds is 8. The van der Waals surface area contributed by atoms with Crippen molar-refractivity contribution in [3.05, 3.63) is 0 Å². The summed E-state index contributed by atoms with van der Waals surface area (Å²) in [4.78, 5) is 2.35. The van der Waals surface area contributed by atoms with E-state index in [0.717, 1.165) is 32.3 Å². The molecule has 90 valence electrons. The van der Waals surface area contributed by atoms with Crippen LogP contribution in [0.2, 0.25) is 0 Å². The van der Waals surface area contributed by atoms with Gasteiger partial charge in [0.05, 0.1) is 6.61 Å². The summed E-state index contributed by atoms with van der Waals surface area (Å²) in [5.74, 6) is 0. The lowest BCUT2D eigenvalue weighted by molar-refractivity contribution is 0.135. The lowest BCUT2D eigenvalue weighted by Crippen LogP contribution is -2.40. The van der Waals surface area contributed by atoms with E-state index in [0.29, 0.717) is 5.41 Å². The lowest BCUT2D eigenvalue weighted by Gasteiger charge is -2.30. The first kappa shape index (κ1) is 12.9. The molecule has 1 aliphatic carbocycles. The summed E-state index contributed by atoms with van der Waals surface area (Å²) in [7, 11) is 3.92. The topological polar surface area (TPSA) is 24.5 Å². The van der Waals surface area contributed by atoms with E-state index in [4.69, 9.17) is 4.74 Å². The molecule has 1 aliphatic rings. The molecule has 0 aliphatic heterocycles. The fraction of sp³-hybridized carbons (Fsp3) is 1.00. The molecule has 3 heteroatoms. The quantitative estimate of drug-likeness (QED) is 0.660. The van der Waals surface area contributed by atoms with Crippen molar-refractivity contribution in [3.8, 4) is 0 Å². The fourth-order valence-corrected chi connectivity index (χ4v) is 1.82. The third-order valence-corrected chi connectivity index (χ3v) is 2.82. The van der Waals surface area contributed by atoms with E-state index in [-0.39, 0.29) is 0 Å². The smallest absolute Gasteiger partial charge is 0.0589 e. The number of methoxy groups -OCH3 is 1. The fourth-order valence-electron chi connectivity index (χ4n) is 1.82. The Kier molecular flexibility index (Phi) is 5.03. The highest BCUT2D eigenvalue weighted by molar-refractivity contribution is 4.84. The Morgan fingerprint density at radius 2 is 2.07 bits per heavy atom. The normalized spacial score (nSPS) is 17.4. The van der Waals surface area contributed by atoms with Gasteiger partial charge in [-0.15, -0.1) is 0 Å². The molecule has 1 N–H and O–H groups in total. The summed E-state index contributed by atoms with van der Waals surface area (Å²) in [6, 6.07) is 0.813. The van der Waals surface area contributed by atoms with Crippen LogP contribution in [0.3, 0.4) is 0 Å². The highest BCUT2D eigenvalue weighted by Crippen LogP contribution is 2.22. The van der Waals surface area contributed by atoms with Crippen molar-refractivity contribution in [3.63, 3.8) is 0 Å². The van der Waals surface area contributed by atoms with Crippen molar-refractivity contribution < 1.29 is 4.74 Å². The second-order valence-electron chi connectivity index (χ2n) is 5.55. The predicted molar refractivity (Wildman–Crippen MR) is 64.2 cm³/mol. The molecular weight excluding hydrogens is 188 g/mol. The van der Waals surface area contributed by atoms with E-state index in [1.54, 1.807) is 7.11 Å². The van der Waals surface area contributed by atoms with Crippen molar-refractivity contribution in [2.24, 2.45) is 5.41 Å². The Balaban J connectivity index is 2.14. The maximum atomic E-state index is 5.08. The molecule has 0 atom stereocenters. The van der Waals surface area contributed by atoms with Gasteiger partial charge < -0.3 is 15.0 Å². The van der Waals surface area contributed by atoms with Gasteiger partial charge in [0, 0.05) is 32.8 Å². The van der Waals surface area contributed by atoms with Gasteiger partial charge in [0.1, 0.15) is 0 Å². The number of nitrogens with zero attached hydrogens (tertiary/aromatic N) is 1. The third-order valence-electron chi connectivity index (χ3n) is 2.82. The molecule has 0 aromatic heterocycles. The van der Waals surface area contributed by atoms with Crippen LogP contribution in [0, 0.1) is 5.41 Å². The Morgan fingerprint density at radius 1 is 1.40 bits per heavy atom. The number of nitrogens with one attached hydrogen (secondary N) is 1. The van der Waals surface area contributed by atoms with Gasteiger partial charge in [-0.25, -0.2) is 0 Å². The molecule has 1 rings (SSSR count). The SMILES string of the molecule is COCCN(C)CC(C)(C)CNC1CC1. The number of hydrogen-bond acceptors (Lipinski definition) is 3. The minimum absolute atomic E-state index is 0.352. The molecule has 3 nitrogen and oxygen atoms in total. The summed E-state index contributed by atoms with van der Waals surface area (Å²) in [5, 5.41) is 3.60. The molecule has 15 heavy (non-hydrogen) atoms. The van der Waals surface area contributed by atoms with Crippen LogP contribution in [-0.2, 0) is 4.74 Å². The largest absolute Gasteiger partial charge is 0.383 e. The molecule has 1 saturated carbocycles. The zero-order valence-electron chi connectivity index (χ0n) is 10.7. The van der Waals surface area contributed by atoms with Crippen LogP contribution in [-0.4, -0.2) is 51.3 Å². The van der Waals surface area contributed by atoms with E-state index in [1.807, 2.05) is 0 Å². The van der Waals surface area contributed by atoms with Crippen molar-refractivity contribution in [2.75, 3.05) is 40.4 Å². The maximum absolute atomic E-state index is 5.08. The molecule has 0 radical (unpaired) electrons. The van der Waals surface area contributed by atoms with Gasteiger partial charge in [-0.05, 0) is 25.3 Å². The molecular formula is C12H26N2O. The van der Waals surface area contributed by atoms with Crippen LogP contribution in [0.5, 0.6) is 0 Å². The Labute approximate surface area is 94.2 Å². The minimum Gasteiger partial charge on any atom is -0.383 e. The Bertz CT molecular complexity index is 178. The van der Waals surface area contributed by atoms with E-state index >= 15 is 0 Å². The summed E-state index contributed by atoms with van der Waals surface area (Å²) >= 11 is 0. The van der Waals surface area contributed by atoms with Crippen LogP contribution in [0.15, 0.2) is 0 Å². The first-order valence-electron chi connectivity index (χ1n) is 5.94. The zero-order chi connectivity index (χ0) is 11.3. The van der Waals surface area contributed by atoms with Gasteiger partial charge in [-0.2, -0.15) is 0 Å². The molecule has 0 aromatic rings. The van der Waals surface area contributed by atoms with Crippen molar-refractivity contribution >= 4 is 0 Å². The van der Waals surface area contributed by atoms with Gasteiger partial charge >= 0.3 is 0 Å². The van der Waals surface area contributed by atoms with Gasteiger partial charge in [-0.1, -0.05) is 13.8 Å². The predicted octanol–water partition coefficient (Wildman–Crippen LogP) is 1.34. The van der Waals surface area contributed by atoms with Gasteiger partial charge in [0.2, 0.25) is 0 Å². The van der Waals surface area contributed by atoms with Gasteiger partial charge in [-0.3, -0.25) is 0 Å². The molecule has 0 bridgehead atoms. The van der Waals surface area contributed by atoms with E-state index < -0.39 is 0 Å². The summed E-state index contributed by atoms with van der Waals surface area (Å²) < 4.78 is 5.08. The van der Waals surface area contributed by atoms with Crippen molar-refractivity contribution in [1.29, 1.82) is 0 Å². The molecule has 0 aromatic carbocycles. The van der Waals surface area contributed by atoms with E-state index in [1.165, 1.54) is 12.8 Å². The monoisotopic (exact) mass is 214 g/mol. The summed E-state index contributed by atoms with van der Waals surface area (Å²) in [6.45, 7) is 8.73. The molecule has 0 amide bonds. The maximum Gasteiger partial charge on any atom is 0.0589 e. The minimum atomic E-state index is 0.352. The average Bonchev–Trinajstić information content (AvgIpc) is 2.94. The second kappa shape index (κ2) is 5.83. The Morgan fingerprint density at radius 3 is 2.60 bits per heavy atom. The average molecular weight is 214 g/mol. The summed E-state index contributed by atoms with van der Waals surface area (Å²) in [5.41, 5.74) is 0.352. The molecule has 0 unspecified atom stereocenters. The van der Waals surface area contributed by atoms with Gasteiger partial charge in [0.25, 0.3) is 0 Å². The molecule has 0 heterocycles. The zero-order valence-corrected chi connectivity index (χ0v) is 10.7. The van der Waals surface area contributed by atoms with Crippen molar-refractivity contribution in [2.45, 2.75) is 32.7 Å². The molecule has 1 fully saturated rings. The van der Waals surface area contributed by atoms with E-state index in [9.17, 15) is 0 Å². The number of ether oxygens (including phenoxy) is 1.